The summed E-state index contributed by atoms with van der Waals surface area (Å²) in [6.07, 6.45) is 1.51. The van der Waals surface area contributed by atoms with E-state index in [9.17, 15) is 9.18 Å². The molecule has 0 atom stereocenters. The van der Waals surface area contributed by atoms with Crippen LogP contribution >= 0.6 is 0 Å². The zero-order valence-corrected chi connectivity index (χ0v) is 14.1. The number of likely N-dealkylation sites (N-methyl/N-ethyl adjacent to an activating group) is 1. The molecule has 0 saturated carbocycles. The van der Waals surface area contributed by atoms with E-state index < -0.39 is 5.82 Å². The minimum absolute atomic E-state index is 0.0688. The number of carbonyl (C=O) groups is 1. The molecule has 0 saturated heterocycles. The van der Waals surface area contributed by atoms with Gasteiger partial charge in [-0.05, 0) is 32.3 Å². The molecule has 1 aliphatic rings. The van der Waals surface area contributed by atoms with Crippen molar-refractivity contribution in [2.75, 3.05) is 38.2 Å². The average Bonchev–Trinajstić information content (AvgIpc) is 2.55. The molecule has 0 radical (unpaired) electrons. The number of nitrogens with two attached hydrogens (primary N) is 1. The lowest BCUT2D eigenvalue weighted by atomic mass is 10.2. The van der Waals surface area contributed by atoms with Crippen molar-refractivity contribution < 1.29 is 13.9 Å². The number of ether oxygens (including phenoxy) is 1. The number of nitrogens with zero attached hydrogens (tertiary/aromatic N) is 3. The summed E-state index contributed by atoms with van der Waals surface area (Å²) < 4.78 is 19.7. The highest BCUT2D eigenvalue weighted by Gasteiger charge is 2.26. The number of fused-ring (bicyclic) bond motifs is 1. The molecule has 7 nitrogen and oxygen atoms in total. The van der Waals surface area contributed by atoms with Gasteiger partial charge in [0, 0.05) is 31.0 Å². The first-order valence-electron chi connectivity index (χ1n) is 7.85. The van der Waals surface area contributed by atoms with Crippen molar-refractivity contribution in [3.63, 3.8) is 0 Å². The quantitative estimate of drug-likeness (QED) is 0.814. The van der Waals surface area contributed by atoms with Crippen LogP contribution in [0.4, 0.5) is 20.7 Å². The maximum Gasteiger partial charge on any atom is 0.323 e. The maximum atomic E-state index is 14.0. The van der Waals surface area contributed by atoms with Crippen molar-refractivity contribution in [3.05, 3.63) is 41.8 Å². The van der Waals surface area contributed by atoms with Crippen LogP contribution in [-0.4, -0.2) is 48.0 Å². The van der Waals surface area contributed by atoms with E-state index in [-0.39, 0.29) is 11.8 Å². The summed E-state index contributed by atoms with van der Waals surface area (Å²) in [5.74, 6) is 0.400. The first-order valence-corrected chi connectivity index (χ1v) is 7.85. The number of urea groups is 1. The number of aromatic nitrogens is 1. The summed E-state index contributed by atoms with van der Waals surface area (Å²) in [6.45, 7) is 1.63. The molecule has 0 spiro atoms. The number of anilines is 2. The lowest BCUT2D eigenvalue weighted by Gasteiger charge is -2.30. The van der Waals surface area contributed by atoms with E-state index in [0.29, 0.717) is 35.9 Å². The Labute approximate surface area is 145 Å². The number of benzene rings is 1. The highest BCUT2D eigenvalue weighted by Crippen LogP contribution is 2.34. The first kappa shape index (κ1) is 17.0. The number of hydrogen-bond donors (Lipinski definition) is 2. The van der Waals surface area contributed by atoms with Crippen LogP contribution < -0.4 is 15.8 Å². The lowest BCUT2D eigenvalue weighted by molar-refractivity contribution is 0.198. The van der Waals surface area contributed by atoms with Crippen LogP contribution in [0.25, 0.3) is 0 Å². The van der Waals surface area contributed by atoms with Gasteiger partial charge in [0.25, 0.3) is 0 Å². The number of hydrogen-bond acceptors (Lipinski definition) is 5. The van der Waals surface area contributed by atoms with Gasteiger partial charge in [-0.25, -0.2) is 14.2 Å². The number of nitrogens with one attached hydrogen (secondary N) is 1. The molecule has 3 N–H and O–H groups in total. The van der Waals surface area contributed by atoms with Crippen LogP contribution in [0.1, 0.15) is 5.56 Å². The fraction of sp³-hybridized carbons (Fsp3) is 0.294. The van der Waals surface area contributed by atoms with Crippen LogP contribution in [0.3, 0.4) is 0 Å². The molecule has 0 bridgehead atoms. The van der Waals surface area contributed by atoms with Crippen molar-refractivity contribution >= 4 is 17.5 Å². The van der Waals surface area contributed by atoms with Gasteiger partial charge >= 0.3 is 6.03 Å². The first-order chi connectivity index (χ1) is 11.9. The summed E-state index contributed by atoms with van der Waals surface area (Å²) in [6, 6.07) is 5.68. The highest BCUT2D eigenvalue weighted by atomic mass is 19.1. The Morgan fingerprint density at radius 2 is 2.16 bits per heavy atom. The summed E-state index contributed by atoms with van der Waals surface area (Å²) in [5, 5.41) is 2.75. The number of rotatable bonds is 5. The van der Waals surface area contributed by atoms with Gasteiger partial charge in [0.2, 0.25) is 0 Å². The largest absolute Gasteiger partial charge is 0.454 e. The van der Waals surface area contributed by atoms with E-state index in [1.54, 1.807) is 17.0 Å². The third-order valence-corrected chi connectivity index (χ3v) is 3.87. The summed E-state index contributed by atoms with van der Waals surface area (Å²) in [4.78, 5) is 20.0. The van der Waals surface area contributed by atoms with Crippen LogP contribution in [-0.2, 0) is 6.54 Å². The van der Waals surface area contributed by atoms with Gasteiger partial charge in [-0.2, -0.15) is 0 Å². The van der Waals surface area contributed by atoms with E-state index in [4.69, 9.17) is 10.5 Å². The van der Waals surface area contributed by atoms with E-state index >= 15 is 0 Å². The van der Waals surface area contributed by atoms with Crippen molar-refractivity contribution in [1.82, 2.24) is 14.8 Å². The Bertz CT molecular complexity index is 797. The molecule has 8 heteroatoms. The smallest absolute Gasteiger partial charge is 0.323 e. The highest BCUT2D eigenvalue weighted by molar-refractivity contribution is 5.91. The number of amides is 2. The molecule has 2 aromatic rings. The van der Waals surface area contributed by atoms with Crippen molar-refractivity contribution in [2.45, 2.75) is 6.54 Å². The summed E-state index contributed by atoms with van der Waals surface area (Å²) in [7, 11) is 3.88. The van der Waals surface area contributed by atoms with Crippen molar-refractivity contribution in [1.29, 1.82) is 0 Å². The topological polar surface area (TPSA) is 83.7 Å². The Hall–Kier alpha value is -2.87. The second-order valence-corrected chi connectivity index (χ2v) is 6.08. The molecule has 2 amide bonds. The van der Waals surface area contributed by atoms with Crippen LogP contribution in [0, 0.1) is 5.82 Å². The van der Waals surface area contributed by atoms with E-state index in [1.807, 2.05) is 19.0 Å². The van der Waals surface area contributed by atoms with Crippen LogP contribution in [0.2, 0.25) is 0 Å². The summed E-state index contributed by atoms with van der Waals surface area (Å²) in [5.41, 5.74) is 6.59. The molecule has 1 aromatic carbocycles. The number of nitrogen functional groups attached to an aromatic ring is 1. The Morgan fingerprint density at radius 1 is 1.36 bits per heavy atom. The predicted octanol–water partition coefficient (Wildman–Crippen LogP) is 2.50. The fourth-order valence-corrected chi connectivity index (χ4v) is 2.49. The molecule has 1 aliphatic heterocycles. The van der Waals surface area contributed by atoms with E-state index in [0.717, 1.165) is 6.54 Å². The number of pyridine rings is 1. The van der Waals surface area contributed by atoms with Crippen molar-refractivity contribution in [3.8, 4) is 11.5 Å². The monoisotopic (exact) mass is 345 g/mol. The van der Waals surface area contributed by atoms with Crippen molar-refractivity contribution in [2.24, 2.45) is 0 Å². The lowest BCUT2D eigenvalue weighted by Crippen LogP contribution is -2.42. The van der Waals surface area contributed by atoms with Gasteiger partial charge in [0.1, 0.15) is 11.6 Å². The zero-order valence-electron chi connectivity index (χ0n) is 14.1. The standard InChI is InChI=1S/C17H20FN5O2/c1-22(2)7-8-23-10-12-14(5-6-20-16(12)21-17(23)24)25-15-4-3-11(19)9-13(15)18/h3-6,9H,7-8,10,19H2,1-2H3,(H,20,21,24). The van der Waals surface area contributed by atoms with Gasteiger partial charge in [0.15, 0.2) is 11.6 Å². The van der Waals surface area contributed by atoms with Crippen LogP contribution in [0.5, 0.6) is 11.5 Å². The minimum Gasteiger partial charge on any atom is -0.454 e. The number of halogens is 1. The third-order valence-electron chi connectivity index (χ3n) is 3.87. The normalized spacial score (nSPS) is 13.6. The van der Waals surface area contributed by atoms with Gasteiger partial charge in [-0.3, -0.25) is 5.32 Å². The Balaban J connectivity index is 1.86. The third kappa shape index (κ3) is 3.80. The second kappa shape index (κ2) is 6.94. The predicted molar refractivity (Wildman–Crippen MR) is 93.1 cm³/mol. The molecule has 3 rings (SSSR count). The molecule has 0 unspecified atom stereocenters. The maximum absolute atomic E-state index is 14.0. The Kier molecular flexibility index (Phi) is 4.71. The molecule has 2 heterocycles. The van der Waals surface area contributed by atoms with E-state index in [1.165, 1.54) is 18.3 Å². The fourth-order valence-electron chi connectivity index (χ4n) is 2.49. The van der Waals surface area contributed by atoms with Gasteiger partial charge in [-0.1, -0.05) is 0 Å². The molecular formula is C17H20FN5O2. The SMILES string of the molecule is CN(C)CCN1Cc2c(Oc3ccc(N)cc3F)ccnc2NC1=O. The molecule has 25 heavy (non-hydrogen) atoms. The second-order valence-electron chi connectivity index (χ2n) is 6.08. The average molecular weight is 345 g/mol. The molecule has 1 aromatic heterocycles. The number of carbonyl (C=O) groups excluding carboxylic acids is 1. The molecular weight excluding hydrogens is 325 g/mol. The van der Waals surface area contributed by atoms with Gasteiger partial charge < -0.3 is 20.3 Å². The Morgan fingerprint density at radius 3 is 2.88 bits per heavy atom. The van der Waals surface area contributed by atoms with Gasteiger partial charge in [0.05, 0.1) is 12.1 Å². The van der Waals surface area contributed by atoms with Crippen LogP contribution in [0.15, 0.2) is 30.5 Å². The van der Waals surface area contributed by atoms with E-state index in [2.05, 4.69) is 10.3 Å². The molecule has 0 aliphatic carbocycles. The minimum atomic E-state index is -0.546. The zero-order chi connectivity index (χ0) is 18.0. The summed E-state index contributed by atoms with van der Waals surface area (Å²) >= 11 is 0. The molecule has 0 fully saturated rings. The molecule has 132 valence electrons. The van der Waals surface area contributed by atoms with Gasteiger partial charge in [-0.15, -0.1) is 0 Å².